The molecule has 2 bridgehead atoms. The first-order valence-corrected chi connectivity index (χ1v) is 15.9. The summed E-state index contributed by atoms with van der Waals surface area (Å²) in [6, 6.07) is 15.0. The molecule has 2 aliphatic carbocycles. The van der Waals surface area contributed by atoms with E-state index in [1.807, 2.05) is 35.4 Å². The number of rotatable bonds is 8. The molecule has 1 saturated heterocycles. The molecular formula is C31H30ClF3N2O5S. The van der Waals surface area contributed by atoms with Gasteiger partial charge in [0.15, 0.2) is 27.3 Å². The maximum Gasteiger partial charge on any atom is 0.255 e. The van der Waals surface area contributed by atoms with Gasteiger partial charge in [-0.25, -0.2) is 21.6 Å². The number of halogens is 4. The molecule has 7 nitrogen and oxygen atoms in total. The summed E-state index contributed by atoms with van der Waals surface area (Å²) in [5.41, 5.74) is 0.0793. The van der Waals surface area contributed by atoms with Gasteiger partial charge >= 0.3 is 0 Å². The van der Waals surface area contributed by atoms with E-state index >= 15 is 0 Å². The number of ether oxygens (including phenoxy) is 1. The summed E-state index contributed by atoms with van der Waals surface area (Å²) in [6.07, 6.45) is 2.03. The predicted octanol–water partition coefficient (Wildman–Crippen LogP) is 6.03. The van der Waals surface area contributed by atoms with Gasteiger partial charge in [0.25, 0.3) is 5.91 Å². The van der Waals surface area contributed by atoms with Gasteiger partial charge in [0.2, 0.25) is 0 Å². The van der Waals surface area contributed by atoms with Crippen LogP contribution in [0.1, 0.15) is 35.2 Å². The van der Waals surface area contributed by atoms with Gasteiger partial charge in [0.1, 0.15) is 0 Å². The lowest BCUT2D eigenvalue weighted by Crippen LogP contribution is -2.53. The predicted molar refractivity (Wildman–Crippen MR) is 154 cm³/mol. The van der Waals surface area contributed by atoms with Crippen molar-refractivity contribution < 1.29 is 36.0 Å². The highest BCUT2D eigenvalue weighted by Gasteiger charge is 2.68. The number of nitrogens with one attached hydrogen (secondary N) is 1. The molecule has 3 unspecified atom stereocenters. The molecule has 0 aromatic heterocycles. The van der Waals surface area contributed by atoms with Crippen LogP contribution in [-0.2, 0) is 26.0 Å². The molecule has 1 amide bonds. The Kier molecular flexibility index (Phi) is 8.06. The maximum absolute atomic E-state index is 14.4. The Hall–Kier alpha value is -2.96. The lowest BCUT2D eigenvalue weighted by Gasteiger charge is -2.43. The Labute approximate surface area is 252 Å². The van der Waals surface area contributed by atoms with E-state index in [4.69, 9.17) is 21.2 Å². The molecule has 3 aromatic carbocycles. The van der Waals surface area contributed by atoms with Crippen molar-refractivity contribution in [1.29, 1.82) is 0 Å². The largest absolute Gasteiger partial charge is 0.384 e. The van der Waals surface area contributed by atoms with E-state index in [1.54, 1.807) is 7.11 Å². The van der Waals surface area contributed by atoms with Crippen LogP contribution in [0, 0.1) is 35.2 Å². The van der Waals surface area contributed by atoms with Crippen LogP contribution in [0.3, 0.4) is 0 Å². The van der Waals surface area contributed by atoms with Crippen molar-refractivity contribution in [2.75, 3.05) is 25.6 Å². The first kappa shape index (κ1) is 30.1. The number of nitrogens with zero attached hydrogens (tertiary/aromatic N) is 1. The van der Waals surface area contributed by atoms with Gasteiger partial charge in [0.05, 0.1) is 33.9 Å². The summed E-state index contributed by atoms with van der Waals surface area (Å²) in [7, 11) is -2.43. The molecule has 43 heavy (non-hydrogen) atoms. The third kappa shape index (κ3) is 5.14. The second kappa shape index (κ2) is 11.5. The number of carbonyl (C=O) groups excluding carboxylic acids is 1. The first-order chi connectivity index (χ1) is 20.6. The number of hydroxylamine groups is 2. The van der Waals surface area contributed by atoms with Crippen LogP contribution in [-0.4, -0.2) is 50.5 Å². The zero-order chi connectivity index (χ0) is 30.5. The molecule has 12 heteroatoms. The van der Waals surface area contributed by atoms with Crippen molar-refractivity contribution in [3.8, 4) is 0 Å². The van der Waals surface area contributed by atoms with Crippen molar-refractivity contribution in [3.63, 3.8) is 0 Å². The summed E-state index contributed by atoms with van der Waals surface area (Å²) < 4.78 is 75.1. The number of fused-ring (bicyclic) bond motifs is 3. The third-order valence-corrected chi connectivity index (χ3v) is 12.0. The minimum absolute atomic E-state index is 0.0342. The fraction of sp³-hybridized carbons (Fsp3) is 0.387. The average molecular weight is 635 g/mol. The number of carbonyl (C=O) groups is 1. The van der Waals surface area contributed by atoms with E-state index in [2.05, 4.69) is 5.32 Å². The minimum atomic E-state index is -4.06. The average Bonchev–Trinajstić information content (AvgIpc) is 3.65. The molecule has 0 radical (unpaired) electrons. The second-order valence-electron chi connectivity index (χ2n) is 11.5. The lowest BCUT2D eigenvalue weighted by molar-refractivity contribution is -0.186. The van der Waals surface area contributed by atoms with Gasteiger partial charge < -0.3 is 10.1 Å². The quantitative estimate of drug-likeness (QED) is 0.305. The molecule has 3 fully saturated rings. The molecule has 228 valence electrons. The van der Waals surface area contributed by atoms with Gasteiger partial charge in [-0.05, 0) is 54.9 Å². The molecule has 5 atom stereocenters. The summed E-state index contributed by atoms with van der Waals surface area (Å²) in [5, 5.41) is 3.46. The van der Waals surface area contributed by atoms with E-state index in [0.29, 0.717) is 44.7 Å². The zero-order valence-corrected chi connectivity index (χ0v) is 24.8. The fourth-order valence-corrected chi connectivity index (χ4v) is 10.3. The van der Waals surface area contributed by atoms with Crippen molar-refractivity contribution >= 4 is 33.0 Å². The van der Waals surface area contributed by atoms with E-state index in [0.717, 1.165) is 12.0 Å². The van der Waals surface area contributed by atoms with Crippen molar-refractivity contribution in [3.05, 3.63) is 94.3 Å². The Morgan fingerprint density at radius 1 is 1.09 bits per heavy atom. The second-order valence-corrected chi connectivity index (χ2v) is 14.0. The number of sulfone groups is 1. The molecule has 1 aliphatic heterocycles. The summed E-state index contributed by atoms with van der Waals surface area (Å²) in [5.74, 6) is -5.90. The standard InChI is InChI=1S/C31H30ClF3N2O5S/c1-41-16-21-17-42-37(15-18-5-3-2-4-6-18)31(21)14-20-7-9-23(31)29(20)43(39,40)27-11-19(8-10-24(27)32)30(38)36-22-12-25(33)28(35)26(34)13-22/h2-6,8,10-13,20-21,23,29H,7,9,14-17H2,1H3,(H,36,38)/t20?,21?,23?,29-,31-/m1/s1. The SMILES string of the molecule is COCC1CON(Cc2ccccc2)[C@]12CC1CCC2[C@@H]1S(=O)(=O)c1cc(C(=O)Nc2cc(F)c(F)c(F)c2)ccc1Cl. The highest BCUT2D eigenvalue weighted by atomic mass is 35.5. The first-order valence-electron chi connectivity index (χ1n) is 14.0. The molecule has 2 saturated carbocycles. The summed E-state index contributed by atoms with van der Waals surface area (Å²) in [4.78, 5) is 19.0. The van der Waals surface area contributed by atoms with Crippen LogP contribution in [0.2, 0.25) is 5.02 Å². The molecule has 3 aliphatic rings. The Morgan fingerprint density at radius 3 is 2.51 bits per heavy atom. The molecule has 3 aromatic rings. The van der Waals surface area contributed by atoms with Gasteiger partial charge in [0, 0.05) is 43.0 Å². The zero-order valence-electron chi connectivity index (χ0n) is 23.2. The molecule has 1 N–H and O–H groups in total. The number of benzene rings is 3. The van der Waals surface area contributed by atoms with Gasteiger partial charge in [-0.15, -0.1) is 0 Å². The number of methoxy groups -OCH3 is 1. The monoisotopic (exact) mass is 634 g/mol. The lowest BCUT2D eigenvalue weighted by atomic mass is 9.72. The molecular weight excluding hydrogens is 605 g/mol. The van der Waals surface area contributed by atoms with Crippen molar-refractivity contribution in [2.45, 2.75) is 41.5 Å². The summed E-state index contributed by atoms with van der Waals surface area (Å²) in [6.45, 7) is 1.33. The number of anilines is 1. The normalized spacial score (nSPS) is 26.8. The van der Waals surface area contributed by atoms with E-state index in [1.165, 1.54) is 18.2 Å². The van der Waals surface area contributed by atoms with E-state index < -0.39 is 44.0 Å². The number of amides is 1. The van der Waals surface area contributed by atoms with Gasteiger partial charge in [-0.1, -0.05) is 41.9 Å². The van der Waals surface area contributed by atoms with E-state index in [-0.39, 0.29) is 38.9 Å². The fourth-order valence-electron chi connectivity index (χ4n) is 7.42. The Morgan fingerprint density at radius 2 is 1.81 bits per heavy atom. The molecule has 1 heterocycles. The maximum atomic E-state index is 14.4. The van der Waals surface area contributed by atoms with Gasteiger partial charge in [-0.2, -0.15) is 5.06 Å². The molecule has 6 rings (SSSR count). The number of hydrogen-bond acceptors (Lipinski definition) is 6. The number of hydrogen-bond donors (Lipinski definition) is 1. The van der Waals surface area contributed by atoms with Crippen LogP contribution in [0.25, 0.3) is 0 Å². The highest BCUT2D eigenvalue weighted by Crippen LogP contribution is 2.62. The Balaban J connectivity index is 1.32. The minimum Gasteiger partial charge on any atom is -0.384 e. The van der Waals surface area contributed by atoms with Crippen LogP contribution in [0.15, 0.2) is 65.6 Å². The smallest absolute Gasteiger partial charge is 0.255 e. The highest BCUT2D eigenvalue weighted by molar-refractivity contribution is 7.92. The molecule has 1 spiro atoms. The van der Waals surface area contributed by atoms with Crippen LogP contribution in [0.4, 0.5) is 18.9 Å². The summed E-state index contributed by atoms with van der Waals surface area (Å²) >= 11 is 6.46. The Bertz CT molecular complexity index is 1640. The van der Waals surface area contributed by atoms with Crippen molar-refractivity contribution in [2.24, 2.45) is 17.8 Å². The van der Waals surface area contributed by atoms with Gasteiger partial charge in [-0.3, -0.25) is 9.63 Å². The third-order valence-electron chi connectivity index (χ3n) is 9.18. The van der Waals surface area contributed by atoms with Crippen molar-refractivity contribution in [1.82, 2.24) is 5.06 Å². The van der Waals surface area contributed by atoms with Crippen LogP contribution < -0.4 is 5.32 Å². The van der Waals surface area contributed by atoms with Crippen LogP contribution >= 0.6 is 11.6 Å². The van der Waals surface area contributed by atoms with Crippen LogP contribution in [0.5, 0.6) is 0 Å². The van der Waals surface area contributed by atoms with E-state index in [9.17, 15) is 26.4 Å². The topological polar surface area (TPSA) is 84.9 Å².